The lowest BCUT2D eigenvalue weighted by Gasteiger charge is -2.36. The van der Waals surface area contributed by atoms with E-state index < -0.39 is 11.6 Å². The van der Waals surface area contributed by atoms with Crippen molar-refractivity contribution in [3.05, 3.63) is 35.4 Å². The van der Waals surface area contributed by atoms with E-state index >= 15 is 0 Å². The molecule has 1 aromatic carbocycles. The summed E-state index contributed by atoms with van der Waals surface area (Å²) in [6.45, 7) is 4.36. The Morgan fingerprint density at radius 2 is 1.95 bits per heavy atom. The fourth-order valence-electron chi connectivity index (χ4n) is 3.37. The molecule has 4 heteroatoms. The first-order valence-corrected chi connectivity index (χ1v) is 8.01. The van der Waals surface area contributed by atoms with E-state index in [9.17, 15) is 8.78 Å². The van der Waals surface area contributed by atoms with E-state index in [0.717, 1.165) is 25.6 Å². The molecule has 1 fully saturated rings. The molecule has 1 aliphatic rings. The Hall–Kier alpha value is -1.00. The molecule has 0 radical (unpaired) electrons. The van der Waals surface area contributed by atoms with Gasteiger partial charge in [-0.1, -0.05) is 13.3 Å². The van der Waals surface area contributed by atoms with E-state index in [0.29, 0.717) is 11.6 Å². The minimum atomic E-state index is -0.505. The fourth-order valence-corrected chi connectivity index (χ4v) is 3.37. The molecule has 118 valence electrons. The summed E-state index contributed by atoms with van der Waals surface area (Å²) >= 11 is 0. The maximum absolute atomic E-state index is 13.4. The Kier molecular flexibility index (Phi) is 6.12. The molecule has 0 bridgehead atoms. The molecule has 2 atom stereocenters. The van der Waals surface area contributed by atoms with E-state index in [-0.39, 0.29) is 6.04 Å². The maximum atomic E-state index is 13.4. The molecule has 2 unspecified atom stereocenters. The molecule has 0 amide bonds. The monoisotopic (exact) mass is 296 g/mol. The predicted octanol–water partition coefficient (Wildman–Crippen LogP) is 3.88. The number of halogens is 2. The van der Waals surface area contributed by atoms with Crippen LogP contribution in [0.25, 0.3) is 0 Å². The van der Waals surface area contributed by atoms with Crippen molar-refractivity contribution in [2.45, 2.75) is 51.1 Å². The second-order valence-corrected chi connectivity index (χ2v) is 5.93. The zero-order chi connectivity index (χ0) is 15.2. The van der Waals surface area contributed by atoms with Crippen molar-refractivity contribution >= 4 is 0 Å². The summed E-state index contributed by atoms with van der Waals surface area (Å²) in [5, 5.41) is 3.19. The Balaban J connectivity index is 1.98. The van der Waals surface area contributed by atoms with Crippen LogP contribution in [0.2, 0.25) is 0 Å². The van der Waals surface area contributed by atoms with E-state index in [4.69, 9.17) is 0 Å². The Morgan fingerprint density at radius 1 is 1.24 bits per heavy atom. The summed E-state index contributed by atoms with van der Waals surface area (Å²) in [4.78, 5) is 2.53. The molecular weight excluding hydrogens is 270 g/mol. The number of nitrogens with zero attached hydrogens (tertiary/aromatic N) is 1. The van der Waals surface area contributed by atoms with Crippen LogP contribution in [0.15, 0.2) is 18.2 Å². The van der Waals surface area contributed by atoms with Gasteiger partial charge in [-0.05, 0) is 57.0 Å². The number of nitrogens with one attached hydrogen (secondary N) is 1. The molecular formula is C17H26F2N2. The highest BCUT2D eigenvalue weighted by Gasteiger charge is 2.22. The molecule has 1 aliphatic heterocycles. The van der Waals surface area contributed by atoms with Crippen LogP contribution in [-0.2, 0) is 0 Å². The molecule has 2 rings (SSSR count). The third-order valence-corrected chi connectivity index (χ3v) is 4.56. The standard InChI is InChI=1S/C17H26F2N2/c1-3-16-6-4-5-8-21(16)9-7-17(20-2)13-10-14(18)12-15(19)11-13/h10-12,16-17,20H,3-9H2,1-2H3. The zero-order valence-electron chi connectivity index (χ0n) is 13.0. The first-order valence-electron chi connectivity index (χ1n) is 8.01. The second kappa shape index (κ2) is 7.85. The quantitative estimate of drug-likeness (QED) is 0.857. The third-order valence-electron chi connectivity index (χ3n) is 4.56. The van der Waals surface area contributed by atoms with E-state index in [1.54, 1.807) is 0 Å². The van der Waals surface area contributed by atoms with E-state index in [1.165, 1.54) is 37.8 Å². The summed E-state index contributed by atoms with van der Waals surface area (Å²) in [6.07, 6.45) is 5.90. The number of hydrogen-bond acceptors (Lipinski definition) is 2. The number of piperidine rings is 1. The molecule has 1 N–H and O–H groups in total. The van der Waals surface area contributed by atoms with Crippen LogP contribution >= 0.6 is 0 Å². The SMILES string of the molecule is CCC1CCCCN1CCC(NC)c1cc(F)cc(F)c1. The summed E-state index contributed by atoms with van der Waals surface area (Å²) < 4.78 is 26.7. The van der Waals surface area contributed by atoms with Gasteiger partial charge >= 0.3 is 0 Å². The van der Waals surface area contributed by atoms with Crippen molar-refractivity contribution in [3.8, 4) is 0 Å². The van der Waals surface area contributed by atoms with Crippen LogP contribution in [0.4, 0.5) is 8.78 Å². The van der Waals surface area contributed by atoms with Gasteiger partial charge in [-0.15, -0.1) is 0 Å². The first-order chi connectivity index (χ1) is 10.1. The van der Waals surface area contributed by atoms with E-state index in [2.05, 4.69) is 17.1 Å². The molecule has 0 aliphatic carbocycles. The third kappa shape index (κ3) is 4.48. The minimum Gasteiger partial charge on any atom is -0.313 e. The summed E-state index contributed by atoms with van der Waals surface area (Å²) in [7, 11) is 1.85. The highest BCUT2D eigenvalue weighted by atomic mass is 19.1. The van der Waals surface area contributed by atoms with Crippen molar-refractivity contribution < 1.29 is 8.78 Å². The lowest BCUT2D eigenvalue weighted by atomic mass is 9.98. The van der Waals surface area contributed by atoms with Crippen LogP contribution in [0, 0.1) is 11.6 Å². The number of hydrogen-bond donors (Lipinski definition) is 1. The van der Waals surface area contributed by atoms with Crippen molar-refractivity contribution in [1.29, 1.82) is 0 Å². The van der Waals surface area contributed by atoms with Crippen molar-refractivity contribution in [1.82, 2.24) is 10.2 Å². The van der Waals surface area contributed by atoms with Gasteiger partial charge in [-0.25, -0.2) is 8.78 Å². The van der Waals surface area contributed by atoms with Gasteiger partial charge in [-0.2, -0.15) is 0 Å². The van der Waals surface area contributed by atoms with Crippen LogP contribution in [0.1, 0.15) is 50.6 Å². The van der Waals surface area contributed by atoms with Gasteiger partial charge in [0.2, 0.25) is 0 Å². The van der Waals surface area contributed by atoms with Crippen LogP contribution in [-0.4, -0.2) is 31.1 Å². The number of rotatable bonds is 6. The second-order valence-electron chi connectivity index (χ2n) is 5.93. The maximum Gasteiger partial charge on any atom is 0.126 e. The lowest BCUT2D eigenvalue weighted by Crippen LogP contribution is -2.40. The largest absolute Gasteiger partial charge is 0.313 e. The fraction of sp³-hybridized carbons (Fsp3) is 0.647. The average Bonchev–Trinajstić information content (AvgIpc) is 2.47. The highest BCUT2D eigenvalue weighted by molar-refractivity contribution is 5.21. The smallest absolute Gasteiger partial charge is 0.126 e. The van der Waals surface area contributed by atoms with Crippen LogP contribution in [0.5, 0.6) is 0 Å². The molecule has 0 spiro atoms. The number of likely N-dealkylation sites (tertiary alicyclic amines) is 1. The molecule has 1 heterocycles. The summed E-state index contributed by atoms with van der Waals surface area (Å²) in [5.41, 5.74) is 0.694. The van der Waals surface area contributed by atoms with Gasteiger partial charge in [-0.3, -0.25) is 0 Å². The molecule has 1 aromatic rings. The van der Waals surface area contributed by atoms with Crippen molar-refractivity contribution in [2.24, 2.45) is 0 Å². The molecule has 21 heavy (non-hydrogen) atoms. The lowest BCUT2D eigenvalue weighted by molar-refractivity contribution is 0.138. The van der Waals surface area contributed by atoms with Crippen LogP contribution in [0.3, 0.4) is 0 Å². The summed E-state index contributed by atoms with van der Waals surface area (Å²) in [5.74, 6) is -1.01. The van der Waals surface area contributed by atoms with Gasteiger partial charge < -0.3 is 10.2 Å². The van der Waals surface area contributed by atoms with Gasteiger partial charge in [0, 0.05) is 24.7 Å². The molecule has 1 saturated heterocycles. The Morgan fingerprint density at radius 3 is 2.57 bits per heavy atom. The Bertz CT molecular complexity index is 430. The first kappa shape index (κ1) is 16.4. The topological polar surface area (TPSA) is 15.3 Å². The molecule has 2 nitrogen and oxygen atoms in total. The van der Waals surface area contributed by atoms with Gasteiger partial charge in [0.1, 0.15) is 11.6 Å². The number of benzene rings is 1. The van der Waals surface area contributed by atoms with Crippen molar-refractivity contribution in [3.63, 3.8) is 0 Å². The highest BCUT2D eigenvalue weighted by Crippen LogP contribution is 2.23. The van der Waals surface area contributed by atoms with Crippen molar-refractivity contribution in [2.75, 3.05) is 20.1 Å². The minimum absolute atomic E-state index is 0.00497. The van der Waals surface area contributed by atoms with Crippen LogP contribution < -0.4 is 5.32 Å². The average molecular weight is 296 g/mol. The Labute approximate surface area is 126 Å². The molecule has 0 aromatic heterocycles. The van der Waals surface area contributed by atoms with Gasteiger partial charge in [0.25, 0.3) is 0 Å². The van der Waals surface area contributed by atoms with Gasteiger partial charge in [0.05, 0.1) is 0 Å². The van der Waals surface area contributed by atoms with Gasteiger partial charge in [0.15, 0.2) is 0 Å². The zero-order valence-corrected chi connectivity index (χ0v) is 13.0. The summed E-state index contributed by atoms with van der Waals surface area (Å²) in [6, 6.07) is 4.44. The predicted molar refractivity (Wildman–Crippen MR) is 82.3 cm³/mol. The normalized spacial score (nSPS) is 21.4. The van der Waals surface area contributed by atoms with E-state index in [1.807, 2.05) is 7.05 Å². The molecule has 0 saturated carbocycles.